The number of carbonyl (C=O) groups is 2. The van der Waals surface area contributed by atoms with Crippen LogP contribution in [0, 0.1) is 5.82 Å². The number of pyridine rings is 1. The molecule has 0 aliphatic carbocycles. The van der Waals surface area contributed by atoms with Gasteiger partial charge in [0.2, 0.25) is 0 Å². The Morgan fingerprint density at radius 2 is 1.89 bits per heavy atom. The number of ether oxygens (including phenoxy) is 1. The Morgan fingerprint density at radius 1 is 1.06 bits per heavy atom. The summed E-state index contributed by atoms with van der Waals surface area (Å²) in [5, 5.41) is 1.05. The highest BCUT2D eigenvalue weighted by Crippen LogP contribution is 2.29. The summed E-state index contributed by atoms with van der Waals surface area (Å²) in [4.78, 5) is 30.8. The topological polar surface area (TPSA) is 64.4 Å². The van der Waals surface area contributed by atoms with E-state index >= 15 is 0 Å². The van der Waals surface area contributed by atoms with Crippen LogP contribution >= 0.6 is 0 Å². The Hall–Kier alpha value is -4.26. The van der Waals surface area contributed by atoms with Crippen molar-refractivity contribution in [2.45, 2.75) is 13.0 Å². The Morgan fingerprint density at radius 3 is 2.60 bits per heavy atom. The summed E-state index contributed by atoms with van der Waals surface area (Å²) in [6, 6.07) is 17.2. The van der Waals surface area contributed by atoms with E-state index in [0.717, 1.165) is 22.2 Å². The summed E-state index contributed by atoms with van der Waals surface area (Å²) < 4.78 is 20.4. The van der Waals surface area contributed by atoms with Gasteiger partial charge in [-0.1, -0.05) is 24.3 Å². The lowest BCUT2D eigenvalue weighted by Crippen LogP contribution is -2.34. The van der Waals surface area contributed by atoms with Crippen LogP contribution in [0.4, 0.5) is 4.39 Å². The van der Waals surface area contributed by atoms with Crippen molar-refractivity contribution in [2.24, 2.45) is 0 Å². The summed E-state index contributed by atoms with van der Waals surface area (Å²) in [7, 11) is 1.37. The van der Waals surface area contributed by atoms with E-state index in [-0.39, 0.29) is 11.9 Å². The van der Waals surface area contributed by atoms with Gasteiger partial charge in [0.05, 0.1) is 12.7 Å². The molecule has 0 spiro atoms. The van der Waals surface area contributed by atoms with Crippen molar-refractivity contribution in [3.8, 4) is 0 Å². The molecular weight excluding hydrogens is 445 g/mol. The van der Waals surface area contributed by atoms with Crippen LogP contribution in [0.25, 0.3) is 16.6 Å². The first-order valence-electron chi connectivity index (χ1n) is 11.4. The van der Waals surface area contributed by atoms with Crippen LogP contribution in [0.3, 0.4) is 0 Å². The van der Waals surface area contributed by atoms with Crippen molar-refractivity contribution in [3.63, 3.8) is 0 Å². The molecule has 0 bridgehead atoms. The van der Waals surface area contributed by atoms with Gasteiger partial charge in [0.1, 0.15) is 11.5 Å². The van der Waals surface area contributed by atoms with Crippen LogP contribution < -0.4 is 0 Å². The number of hydrogen-bond donors (Lipinski definition) is 0. The molecule has 35 heavy (non-hydrogen) atoms. The maximum atomic E-state index is 13.5. The summed E-state index contributed by atoms with van der Waals surface area (Å²) >= 11 is 0. The Labute approximate surface area is 202 Å². The largest absolute Gasteiger partial charge is 0.465 e. The van der Waals surface area contributed by atoms with E-state index in [0.29, 0.717) is 37.2 Å². The number of fused-ring (bicyclic) bond motifs is 1. The fourth-order valence-electron chi connectivity index (χ4n) is 4.46. The first-order chi connectivity index (χ1) is 17.0. The molecule has 4 aromatic rings. The number of esters is 1. The standard InChI is InChI=1S/C28H24FN3O3/c1-35-28(34)21-7-5-19(6-8-21)18-32-16-12-25-24(9-13-30-26(25)32)20-10-14-31(15-11-20)27(33)22-3-2-4-23(29)17-22/h2-10,12-13,16-17H,11,14-15,18H2,1H3. The summed E-state index contributed by atoms with van der Waals surface area (Å²) in [6.07, 6.45) is 6.59. The monoisotopic (exact) mass is 469 g/mol. The molecule has 3 heterocycles. The summed E-state index contributed by atoms with van der Waals surface area (Å²) in [6.45, 7) is 1.66. The molecule has 1 amide bonds. The first-order valence-corrected chi connectivity index (χ1v) is 11.4. The van der Waals surface area contributed by atoms with E-state index in [1.807, 2.05) is 24.4 Å². The molecule has 176 valence electrons. The van der Waals surface area contributed by atoms with Crippen LogP contribution in [0.5, 0.6) is 0 Å². The second-order valence-electron chi connectivity index (χ2n) is 8.47. The van der Waals surface area contributed by atoms with E-state index in [1.165, 1.54) is 24.8 Å². The molecule has 2 aromatic carbocycles. The Balaban J connectivity index is 1.35. The van der Waals surface area contributed by atoms with Crippen LogP contribution in [0.2, 0.25) is 0 Å². The fourth-order valence-corrected chi connectivity index (χ4v) is 4.46. The highest BCUT2D eigenvalue weighted by molar-refractivity contribution is 5.96. The highest BCUT2D eigenvalue weighted by Gasteiger charge is 2.21. The number of amides is 1. The Bertz CT molecular complexity index is 1440. The van der Waals surface area contributed by atoms with Crippen LogP contribution in [0.1, 0.15) is 38.3 Å². The van der Waals surface area contributed by atoms with E-state index in [2.05, 4.69) is 21.7 Å². The molecule has 2 aromatic heterocycles. The van der Waals surface area contributed by atoms with Gasteiger partial charge in [-0.2, -0.15) is 0 Å². The van der Waals surface area contributed by atoms with Gasteiger partial charge in [-0.25, -0.2) is 14.2 Å². The van der Waals surface area contributed by atoms with E-state index in [1.54, 1.807) is 35.4 Å². The average molecular weight is 470 g/mol. The third-order valence-electron chi connectivity index (χ3n) is 6.30. The van der Waals surface area contributed by atoms with E-state index < -0.39 is 5.82 Å². The zero-order valence-electron chi connectivity index (χ0n) is 19.3. The lowest BCUT2D eigenvalue weighted by atomic mass is 9.97. The first kappa shape index (κ1) is 22.5. The predicted molar refractivity (Wildman–Crippen MR) is 132 cm³/mol. The maximum absolute atomic E-state index is 13.5. The van der Waals surface area contributed by atoms with Crippen molar-refractivity contribution in [2.75, 3.05) is 20.2 Å². The minimum atomic E-state index is -0.410. The average Bonchev–Trinajstić information content (AvgIpc) is 3.31. The van der Waals surface area contributed by atoms with Crippen LogP contribution in [-0.2, 0) is 11.3 Å². The number of methoxy groups -OCH3 is 1. The molecule has 7 heteroatoms. The van der Waals surface area contributed by atoms with Gasteiger partial charge in [-0.3, -0.25) is 4.79 Å². The fraction of sp³-hybridized carbons (Fsp3) is 0.179. The zero-order valence-corrected chi connectivity index (χ0v) is 19.3. The normalized spacial score (nSPS) is 13.5. The van der Waals surface area contributed by atoms with Crippen molar-refractivity contribution in [3.05, 3.63) is 107 Å². The van der Waals surface area contributed by atoms with E-state index in [4.69, 9.17) is 4.74 Å². The van der Waals surface area contributed by atoms with Crippen molar-refractivity contribution in [1.82, 2.24) is 14.5 Å². The van der Waals surface area contributed by atoms with Crippen LogP contribution in [-0.4, -0.2) is 46.5 Å². The molecule has 0 fully saturated rings. The van der Waals surface area contributed by atoms with Gasteiger partial charge < -0.3 is 14.2 Å². The SMILES string of the molecule is COC(=O)c1ccc(Cn2ccc3c(C4=CCN(C(=O)c5cccc(F)c5)CC4)ccnc32)cc1. The van der Waals surface area contributed by atoms with Gasteiger partial charge in [-0.05, 0) is 65.6 Å². The van der Waals surface area contributed by atoms with Gasteiger partial charge >= 0.3 is 5.97 Å². The van der Waals surface area contributed by atoms with Crippen molar-refractivity contribution >= 4 is 28.5 Å². The summed E-state index contributed by atoms with van der Waals surface area (Å²) in [5.41, 5.74) is 5.08. The lowest BCUT2D eigenvalue weighted by molar-refractivity contribution is 0.0600. The minimum Gasteiger partial charge on any atom is -0.465 e. The second-order valence-corrected chi connectivity index (χ2v) is 8.47. The molecule has 1 aliphatic rings. The summed E-state index contributed by atoms with van der Waals surface area (Å²) in [5.74, 6) is -0.928. The molecule has 0 radical (unpaired) electrons. The predicted octanol–water partition coefficient (Wildman–Crippen LogP) is 4.94. The number of aromatic nitrogens is 2. The molecule has 0 N–H and O–H groups in total. The number of hydrogen-bond acceptors (Lipinski definition) is 4. The number of carbonyl (C=O) groups excluding carboxylic acids is 2. The van der Waals surface area contributed by atoms with Gasteiger partial charge in [0.25, 0.3) is 5.91 Å². The molecule has 1 aliphatic heterocycles. The van der Waals surface area contributed by atoms with Crippen molar-refractivity contribution in [1.29, 1.82) is 0 Å². The lowest BCUT2D eigenvalue weighted by Gasteiger charge is -2.27. The molecule has 6 nitrogen and oxygen atoms in total. The molecule has 0 saturated carbocycles. The van der Waals surface area contributed by atoms with Gasteiger partial charge in [0.15, 0.2) is 0 Å². The van der Waals surface area contributed by atoms with Gasteiger partial charge in [-0.15, -0.1) is 0 Å². The molecular formula is C28H24FN3O3. The Kier molecular flexibility index (Phi) is 6.14. The third kappa shape index (κ3) is 4.57. The maximum Gasteiger partial charge on any atom is 0.337 e. The second kappa shape index (κ2) is 9.54. The minimum absolute atomic E-state index is 0.163. The zero-order chi connectivity index (χ0) is 24.4. The van der Waals surface area contributed by atoms with Gasteiger partial charge in [0, 0.05) is 43.0 Å². The highest BCUT2D eigenvalue weighted by atomic mass is 19.1. The smallest absolute Gasteiger partial charge is 0.337 e. The van der Waals surface area contributed by atoms with Crippen LogP contribution in [0.15, 0.2) is 79.1 Å². The quantitative estimate of drug-likeness (QED) is 0.389. The number of rotatable bonds is 5. The molecule has 0 saturated heterocycles. The molecule has 0 atom stereocenters. The third-order valence-corrected chi connectivity index (χ3v) is 6.30. The van der Waals surface area contributed by atoms with E-state index in [9.17, 15) is 14.0 Å². The molecule has 5 rings (SSSR count). The number of halogens is 1. The van der Waals surface area contributed by atoms with Crippen molar-refractivity contribution < 1.29 is 18.7 Å². The number of benzene rings is 2. The molecule has 0 unspecified atom stereocenters. The number of nitrogens with zero attached hydrogens (tertiary/aromatic N) is 3.